The van der Waals surface area contributed by atoms with E-state index in [-0.39, 0.29) is 10.8 Å². The molecule has 2 heterocycles. The molecule has 0 unspecified atom stereocenters. The van der Waals surface area contributed by atoms with E-state index in [1.165, 1.54) is 33.4 Å². The molecule has 2 heteroatoms. The monoisotopic (exact) mass is 464 g/mol. The normalized spacial score (nSPS) is 15.7. The molecular formula is C34H28N2. The summed E-state index contributed by atoms with van der Waals surface area (Å²) in [5.41, 5.74) is 14.1. The fourth-order valence-corrected chi connectivity index (χ4v) is 6.33. The van der Waals surface area contributed by atoms with Crippen molar-refractivity contribution in [3.8, 4) is 45.0 Å². The summed E-state index contributed by atoms with van der Waals surface area (Å²) in [7, 11) is 0. The van der Waals surface area contributed by atoms with Crippen LogP contribution in [-0.4, -0.2) is 9.97 Å². The topological polar surface area (TPSA) is 25.8 Å². The molecule has 36 heavy (non-hydrogen) atoms. The van der Waals surface area contributed by atoms with Gasteiger partial charge in [-0.15, -0.1) is 0 Å². The number of pyridine rings is 2. The molecule has 2 aromatic heterocycles. The Kier molecular flexibility index (Phi) is 4.27. The molecule has 2 aliphatic carbocycles. The van der Waals surface area contributed by atoms with Gasteiger partial charge < -0.3 is 0 Å². The zero-order chi connectivity index (χ0) is 24.7. The minimum absolute atomic E-state index is 0.0429. The largest absolute Gasteiger partial charge is 0.247 e. The second kappa shape index (κ2) is 7.24. The summed E-state index contributed by atoms with van der Waals surface area (Å²) in [6.07, 6.45) is 0. The molecule has 0 saturated carbocycles. The molecular weight excluding hydrogens is 436 g/mol. The van der Waals surface area contributed by atoms with Gasteiger partial charge in [-0.05, 0) is 34.4 Å². The second-order valence-corrected chi connectivity index (χ2v) is 11.1. The van der Waals surface area contributed by atoms with Gasteiger partial charge in [0.1, 0.15) is 0 Å². The standard InChI is InChI=1S/C34H28N2/c1-33(2)25-15-9-7-13-23(25)31-27(33)17-19-29(35-31)21-11-5-6-12-22(21)30-20-18-28-32(36-30)24-14-8-10-16-26(24)34(28,3)4/h5-20H,1-4H3. The molecule has 0 atom stereocenters. The minimum atomic E-state index is -0.0429. The molecule has 0 amide bonds. The predicted octanol–water partition coefficient (Wildman–Crippen LogP) is 8.42. The number of rotatable bonds is 2. The Morgan fingerprint density at radius 3 is 1.17 bits per heavy atom. The molecule has 2 nitrogen and oxygen atoms in total. The van der Waals surface area contributed by atoms with Crippen LogP contribution in [0.2, 0.25) is 0 Å². The highest BCUT2D eigenvalue weighted by Gasteiger charge is 2.37. The maximum absolute atomic E-state index is 5.25. The highest BCUT2D eigenvalue weighted by Crippen LogP contribution is 2.50. The highest BCUT2D eigenvalue weighted by atomic mass is 14.8. The molecule has 0 spiro atoms. The van der Waals surface area contributed by atoms with Gasteiger partial charge in [0.2, 0.25) is 0 Å². The summed E-state index contributed by atoms with van der Waals surface area (Å²) in [4.78, 5) is 10.5. The Morgan fingerprint density at radius 1 is 0.389 bits per heavy atom. The lowest BCUT2D eigenvalue weighted by molar-refractivity contribution is 0.659. The summed E-state index contributed by atoms with van der Waals surface area (Å²) in [5, 5.41) is 0. The van der Waals surface area contributed by atoms with Crippen LogP contribution < -0.4 is 0 Å². The Bertz CT molecular complexity index is 1560. The zero-order valence-electron chi connectivity index (χ0n) is 21.1. The molecule has 7 rings (SSSR count). The fourth-order valence-electron chi connectivity index (χ4n) is 6.33. The van der Waals surface area contributed by atoms with Crippen molar-refractivity contribution in [3.05, 3.63) is 119 Å². The van der Waals surface area contributed by atoms with E-state index in [9.17, 15) is 0 Å². The number of aromatic nitrogens is 2. The van der Waals surface area contributed by atoms with E-state index in [0.29, 0.717) is 0 Å². The Balaban J connectivity index is 1.39. The first-order valence-electron chi connectivity index (χ1n) is 12.7. The summed E-state index contributed by atoms with van der Waals surface area (Å²) >= 11 is 0. The molecule has 0 bridgehead atoms. The smallest absolute Gasteiger partial charge is 0.0753 e. The van der Waals surface area contributed by atoms with Crippen LogP contribution in [0.25, 0.3) is 45.0 Å². The third-order valence-corrected chi connectivity index (χ3v) is 8.33. The van der Waals surface area contributed by atoms with Gasteiger partial charge in [0.25, 0.3) is 0 Å². The Labute approximate surface area is 212 Å². The fraction of sp³-hybridized carbons (Fsp3) is 0.176. The van der Waals surface area contributed by atoms with Gasteiger partial charge in [0.05, 0.1) is 22.8 Å². The lowest BCUT2D eigenvalue weighted by Crippen LogP contribution is -2.15. The number of nitrogens with zero attached hydrogens (tertiary/aromatic N) is 2. The predicted molar refractivity (Wildman–Crippen MR) is 148 cm³/mol. The SMILES string of the molecule is CC1(C)c2ccccc2-c2nc(-c3ccccc3-c3ccc4c(n3)-c3ccccc3C4(C)C)ccc21. The van der Waals surface area contributed by atoms with Gasteiger partial charge in [0.15, 0.2) is 0 Å². The Hall–Kier alpha value is -4.04. The van der Waals surface area contributed by atoms with Gasteiger partial charge in [-0.3, -0.25) is 0 Å². The van der Waals surface area contributed by atoms with E-state index in [1.54, 1.807) is 0 Å². The van der Waals surface area contributed by atoms with Crippen LogP contribution in [-0.2, 0) is 10.8 Å². The van der Waals surface area contributed by atoms with Crippen LogP contribution in [0.1, 0.15) is 49.9 Å². The van der Waals surface area contributed by atoms with E-state index in [1.807, 2.05) is 0 Å². The maximum Gasteiger partial charge on any atom is 0.0753 e. The summed E-state index contributed by atoms with van der Waals surface area (Å²) in [6, 6.07) is 34.8. The van der Waals surface area contributed by atoms with Crippen molar-refractivity contribution >= 4 is 0 Å². The zero-order valence-corrected chi connectivity index (χ0v) is 21.1. The van der Waals surface area contributed by atoms with E-state index in [2.05, 4.69) is 125 Å². The summed E-state index contributed by atoms with van der Waals surface area (Å²) in [6.45, 7) is 9.17. The van der Waals surface area contributed by atoms with Crippen LogP contribution in [0.5, 0.6) is 0 Å². The second-order valence-electron chi connectivity index (χ2n) is 11.1. The van der Waals surface area contributed by atoms with Gasteiger partial charge in [0, 0.05) is 33.1 Å². The molecule has 5 aromatic rings. The van der Waals surface area contributed by atoms with Gasteiger partial charge in [-0.25, -0.2) is 9.97 Å². The third kappa shape index (κ3) is 2.79. The molecule has 0 aliphatic heterocycles. The first-order chi connectivity index (χ1) is 17.4. The first kappa shape index (κ1) is 21.3. The summed E-state index contributed by atoms with van der Waals surface area (Å²) in [5.74, 6) is 0. The molecule has 2 aliphatic rings. The lowest BCUT2D eigenvalue weighted by Gasteiger charge is -2.21. The van der Waals surface area contributed by atoms with Crippen LogP contribution in [0.3, 0.4) is 0 Å². The minimum Gasteiger partial charge on any atom is -0.247 e. The average Bonchev–Trinajstić information content (AvgIpc) is 3.28. The molecule has 0 saturated heterocycles. The van der Waals surface area contributed by atoms with Gasteiger partial charge >= 0.3 is 0 Å². The van der Waals surface area contributed by atoms with Crippen molar-refractivity contribution in [2.45, 2.75) is 38.5 Å². The van der Waals surface area contributed by atoms with Crippen molar-refractivity contribution in [2.24, 2.45) is 0 Å². The summed E-state index contributed by atoms with van der Waals surface area (Å²) < 4.78 is 0. The molecule has 174 valence electrons. The quantitative estimate of drug-likeness (QED) is 0.262. The van der Waals surface area contributed by atoms with Crippen molar-refractivity contribution < 1.29 is 0 Å². The average molecular weight is 465 g/mol. The van der Waals surface area contributed by atoms with Crippen molar-refractivity contribution in [3.63, 3.8) is 0 Å². The molecule has 3 aromatic carbocycles. The van der Waals surface area contributed by atoms with Crippen LogP contribution in [0.4, 0.5) is 0 Å². The van der Waals surface area contributed by atoms with E-state index >= 15 is 0 Å². The van der Waals surface area contributed by atoms with Gasteiger partial charge in [-0.2, -0.15) is 0 Å². The number of hydrogen-bond donors (Lipinski definition) is 0. The molecule has 0 fully saturated rings. The Morgan fingerprint density at radius 2 is 0.750 bits per heavy atom. The van der Waals surface area contributed by atoms with Crippen LogP contribution in [0, 0.1) is 0 Å². The first-order valence-corrected chi connectivity index (χ1v) is 12.7. The molecule has 0 radical (unpaired) electrons. The van der Waals surface area contributed by atoms with E-state index in [4.69, 9.17) is 9.97 Å². The third-order valence-electron chi connectivity index (χ3n) is 8.33. The number of hydrogen-bond acceptors (Lipinski definition) is 2. The molecule has 0 N–H and O–H groups in total. The van der Waals surface area contributed by atoms with Crippen LogP contribution in [0.15, 0.2) is 97.1 Å². The number of fused-ring (bicyclic) bond motifs is 6. The maximum atomic E-state index is 5.25. The van der Waals surface area contributed by atoms with E-state index in [0.717, 1.165) is 33.9 Å². The number of benzene rings is 3. The van der Waals surface area contributed by atoms with Crippen molar-refractivity contribution in [1.29, 1.82) is 0 Å². The van der Waals surface area contributed by atoms with Crippen molar-refractivity contribution in [2.75, 3.05) is 0 Å². The van der Waals surface area contributed by atoms with Crippen molar-refractivity contribution in [1.82, 2.24) is 9.97 Å². The van der Waals surface area contributed by atoms with Crippen LogP contribution >= 0.6 is 0 Å². The van der Waals surface area contributed by atoms with Gasteiger partial charge in [-0.1, -0.05) is 113 Å². The lowest BCUT2D eigenvalue weighted by atomic mass is 9.82. The van der Waals surface area contributed by atoms with E-state index < -0.39 is 0 Å². The highest BCUT2D eigenvalue weighted by molar-refractivity contribution is 5.86.